The monoisotopic (exact) mass is 531 g/mol. The van der Waals surface area contributed by atoms with Gasteiger partial charge in [-0.3, -0.25) is 14.4 Å². The standard InChI is InChI=1S/C29H26ClN3O3S/c30-23-5-3-4-20(16-23)18-33-24-6-1-2-7-25(24)37-26(29(33)36)17-19-8-10-22(11-9-19)28(35)32-14-12-21(13-15-32)27(31)34/h1-11,16-17,21H,12-15,18H2,(H2,31,34)/b26-17+. The number of thioether (sulfide) groups is 1. The van der Waals surface area contributed by atoms with Crippen LogP contribution in [0.15, 0.2) is 82.6 Å². The van der Waals surface area contributed by atoms with Crippen molar-refractivity contribution in [3.05, 3.63) is 99.4 Å². The highest BCUT2D eigenvalue weighted by Gasteiger charge is 2.29. The molecule has 0 saturated carbocycles. The molecule has 2 aliphatic rings. The van der Waals surface area contributed by atoms with Gasteiger partial charge in [-0.1, -0.05) is 59.8 Å². The topological polar surface area (TPSA) is 83.7 Å². The van der Waals surface area contributed by atoms with E-state index in [-0.39, 0.29) is 23.6 Å². The van der Waals surface area contributed by atoms with Crippen LogP contribution < -0.4 is 10.6 Å². The van der Waals surface area contributed by atoms with Crippen LogP contribution in [0.4, 0.5) is 5.69 Å². The van der Waals surface area contributed by atoms with E-state index in [2.05, 4.69) is 0 Å². The molecule has 3 amide bonds. The van der Waals surface area contributed by atoms with E-state index in [1.54, 1.807) is 21.9 Å². The lowest BCUT2D eigenvalue weighted by Gasteiger charge is -2.31. The van der Waals surface area contributed by atoms with E-state index in [4.69, 9.17) is 17.3 Å². The Morgan fingerprint density at radius 2 is 1.73 bits per heavy atom. The van der Waals surface area contributed by atoms with E-state index in [9.17, 15) is 14.4 Å². The van der Waals surface area contributed by atoms with Crippen molar-refractivity contribution in [1.29, 1.82) is 0 Å². The van der Waals surface area contributed by atoms with Crippen LogP contribution >= 0.6 is 23.4 Å². The van der Waals surface area contributed by atoms with Gasteiger partial charge in [0.05, 0.1) is 17.1 Å². The van der Waals surface area contributed by atoms with Gasteiger partial charge >= 0.3 is 0 Å². The average Bonchev–Trinajstić information content (AvgIpc) is 2.91. The Morgan fingerprint density at radius 3 is 2.43 bits per heavy atom. The Balaban J connectivity index is 1.34. The fourth-order valence-corrected chi connectivity index (χ4v) is 5.93. The van der Waals surface area contributed by atoms with Gasteiger partial charge in [0.25, 0.3) is 11.8 Å². The summed E-state index contributed by atoms with van der Waals surface area (Å²) in [6, 6.07) is 22.6. The Labute approximate surface area is 225 Å². The Bertz CT molecular complexity index is 1380. The second kappa shape index (κ2) is 10.8. The zero-order valence-corrected chi connectivity index (χ0v) is 21.7. The van der Waals surface area contributed by atoms with Crippen LogP contribution in [0.2, 0.25) is 5.02 Å². The van der Waals surface area contributed by atoms with E-state index in [1.807, 2.05) is 66.7 Å². The van der Waals surface area contributed by atoms with Gasteiger partial charge in [0.2, 0.25) is 5.91 Å². The molecule has 188 valence electrons. The van der Waals surface area contributed by atoms with Gasteiger partial charge in [0, 0.05) is 34.5 Å². The average molecular weight is 532 g/mol. The number of carbonyl (C=O) groups is 3. The number of benzene rings is 3. The molecule has 0 spiro atoms. The third kappa shape index (κ3) is 5.58. The lowest BCUT2D eigenvalue weighted by Crippen LogP contribution is -2.41. The fourth-order valence-electron chi connectivity index (χ4n) is 4.66. The molecular formula is C29H26ClN3O3S. The van der Waals surface area contributed by atoms with Crippen LogP contribution in [0.5, 0.6) is 0 Å². The summed E-state index contributed by atoms with van der Waals surface area (Å²) in [6.07, 6.45) is 3.05. The SMILES string of the molecule is NC(=O)C1CCN(C(=O)c2ccc(/C=C3/Sc4ccccc4N(Cc4cccc(Cl)c4)C3=O)cc2)CC1. The van der Waals surface area contributed by atoms with E-state index >= 15 is 0 Å². The lowest BCUT2D eigenvalue weighted by atomic mass is 9.96. The summed E-state index contributed by atoms with van der Waals surface area (Å²) >= 11 is 7.62. The number of para-hydroxylation sites is 1. The highest BCUT2D eigenvalue weighted by molar-refractivity contribution is 8.04. The zero-order chi connectivity index (χ0) is 25.9. The molecule has 1 fully saturated rings. The Kier molecular flexibility index (Phi) is 7.35. The number of hydrogen-bond acceptors (Lipinski definition) is 4. The highest BCUT2D eigenvalue weighted by atomic mass is 35.5. The fraction of sp³-hybridized carbons (Fsp3) is 0.207. The number of likely N-dealkylation sites (tertiary alicyclic amines) is 1. The number of nitrogens with two attached hydrogens (primary N) is 1. The summed E-state index contributed by atoms with van der Waals surface area (Å²) in [7, 11) is 0. The normalized spacial score (nSPS) is 17.1. The zero-order valence-electron chi connectivity index (χ0n) is 20.1. The first-order valence-electron chi connectivity index (χ1n) is 12.1. The van der Waals surface area contributed by atoms with Crippen LogP contribution in [0.3, 0.4) is 0 Å². The summed E-state index contributed by atoms with van der Waals surface area (Å²) in [5, 5.41) is 0.632. The third-order valence-electron chi connectivity index (χ3n) is 6.70. The van der Waals surface area contributed by atoms with E-state index in [0.717, 1.165) is 21.7 Å². The molecule has 5 rings (SSSR count). The second-order valence-electron chi connectivity index (χ2n) is 9.19. The van der Waals surface area contributed by atoms with E-state index in [1.165, 1.54) is 11.8 Å². The molecule has 2 N–H and O–H groups in total. The molecule has 6 nitrogen and oxygen atoms in total. The molecule has 2 aliphatic heterocycles. The Morgan fingerprint density at radius 1 is 1.00 bits per heavy atom. The van der Waals surface area contributed by atoms with Crippen LogP contribution in [-0.2, 0) is 16.1 Å². The van der Waals surface area contributed by atoms with Crippen molar-refractivity contribution >= 4 is 52.8 Å². The second-order valence-corrected chi connectivity index (χ2v) is 10.7. The minimum Gasteiger partial charge on any atom is -0.369 e. The molecule has 0 radical (unpaired) electrons. The predicted octanol–water partition coefficient (Wildman–Crippen LogP) is 5.36. The first kappa shape index (κ1) is 25.1. The molecule has 8 heteroatoms. The summed E-state index contributed by atoms with van der Waals surface area (Å²) in [4.78, 5) is 43.0. The number of nitrogens with zero attached hydrogens (tertiary/aromatic N) is 2. The maximum atomic E-state index is 13.5. The first-order chi connectivity index (χ1) is 17.9. The maximum absolute atomic E-state index is 13.5. The number of anilines is 1. The molecule has 0 aromatic heterocycles. The first-order valence-corrected chi connectivity index (χ1v) is 13.3. The maximum Gasteiger partial charge on any atom is 0.265 e. The van der Waals surface area contributed by atoms with Crippen molar-refractivity contribution in [1.82, 2.24) is 4.90 Å². The van der Waals surface area contributed by atoms with Crippen molar-refractivity contribution < 1.29 is 14.4 Å². The third-order valence-corrected chi connectivity index (χ3v) is 8.01. The van der Waals surface area contributed by atoms with Crippen molar-refractivity contribution in [2.75, 3.05) is 18.0 Å². The minimum atomic E-state index is -0.298. The van der Waals surface area contributed by atoms with Gasteiger partial charge in [-0.25, -0.2) is 0 Å². The van der Waals surface area contributed by atoms with Gasteiger partial charge < -0.3 is 15.5 Å². The van der Waals surface area contributed by atoms with Crippen molar-refractivity contribution in [2.45, 2.75) is 24.3 Å². The molecule has 1 saturated heterocycles. The number of piperidine rings is 1. The van der Waals surface area contributed by atoms with Gasteiger partial charge in [-0.2, -0.15) is 0 Å². The van der Waals surface area contributed by atoms with Crippen LogP contribution in [-0.4, -0.2) is 35.7 Å². The molecule has 3 aromatic carbocycles. The number of halogens is 1. The molecule has 2 heterocycles. The van der Waals surface area contributed by atoms with Crippen molar-refractivity contribution in [3.63, 3.8) is 0 Å². The number of hydrogen-bond donors (Lipinski definition) is 1. The van der Waals surface area contributed by atoms with E-state index in [0.29, 0.717) is 48.0 Å². The van der Waals surface area contributed by atoms with Gasteiger partial charge in [0.15, 0.2) is 0 Å². The highest BCUT2D eigenvalue weighted by Crippen LogP contribution is 2.42. The lowest BCUT2D eigenvalue weighted by molar-refractivity contribution is -0.123. The van der Waals surface area contributed by atoms with Crippen LogP contribution in [0.1, 0.15) is 34.3 Å². The van der Waals surface area contributed by atoms with Gasteiger partial charge in [-0.15, -0.1) is 0 Å². The molecule has 3 aromatic rings. The molecule has 0 bridgehead atoms. The predicted molar refractivity (Wildman–Crippen MR) is 147 cm³/mol. The number of fused-ring (bicyclic) bond motifs is 1. The molecule has 37 heavy (non-hydrogen) atoms. The van der Waals surface area contributed by atoms with Crippen molar-refractivity contribution in [3.8, 4) is 0 Å². The number of rotatable bonds is 5. The quantitative estimate of drug-likeness (QED) is 0.449. The summed E-state index contributed by atoms with van der Waals surface area (Å²) < 4.78 is 0. The molecule has 0 unspecified atom stereocenters. The summed E-state index contributed by atoms with van der Waals surface area (Å²) in [5.74, 6) is -0.603. The molecular weight excluding hydrogens is 506 g/mol. The summed E-state index contributed by atoms with van der Waals surface area (Å²) in [6.45, 7) is 1.45. The van der Waals surface area contributed by atoms with Crippen LogP contribution in [0, 0.1) is 5.92 Å². The summed E-state index contributed by atoms with van der Waals surface area (Å²) in [5.41, 5.74) is 8.63. The molecule has 0 atom stereocenters. The van der Waals surface area contributed by atoms with Gasteiger partial charge in [-0.05, 0) is 66.4 Å². The van der Waals surface area contributed by atoms with E-state index < -0.39 is 0 Å². The van der Waals surface area contributed by atoms with Gasteiger partial charge in [0.1, 0.15) is 0 Å². The van der Waals surface area contributed by atoms with Crippen LogP contribution in [0.25, 0.3) is 6.08 Å². The Hall–Kier alpha value is -3.55. The number of carbonyl (C=O) groups excluding carboxylic acids is 3. The largest absolute Gasteiger partial charge is 0.369 e. The van der Waals surface area contributed by atoms with Crippen molar-refractivity contribution in [2.24, 2.45) is 11.7 Å². The number of primary amides is 1. The minimum absolute atomic E-state index is 0.0631. The number of amides is 3. The molecule has 0 aliphatic carbocycles. The smallest absolute Gasteiger partial charge is 0.265 e.